The highest BCUT2D eigenvalue weighted by molar-refractivity contribution is 6.07. The van der Waals surface area contributed by atoms with Crippen molar-refractivity contribution in [2.75, 3.05) is 0 Å². The molecule has 0 aliphatic carbocycles. The molecule has 1 heterocycles. The van der Waals surface area contributed by atoms with Crippen molar-refractivity contribution in [3.05, 3.63) is 52.9 Å². The summed E-state index contributed by atoms with van der Waals surface area (Å²) in [6.45, 7) is 4.35. The van der Waals surface area contributed by atoms with E-state index in [0.717, 1.165) is 17.8 Å². The van der Waals surface area contributed by atoms with Gasteiger partial charge in [0.15, 0.2) is 11.6 Å². The second kappa shape index (κ2) is 5.30. The number of rotatable bonds is 4. The summed E-state index contributed by atoms with van der Waals surface area (Å²) in [7, 11) is 0. The molecule has 1 aromatic carbocycles. The first-order valence-electron chi connectivity index (χ1n) is 6.13. The minimum Gasteiger partial charge on any atom is -0.287 e. The minimum atomic E-state index is -1.02. The Morgan fingerprint density at radius 3 is 2.53 bits per heavy atom. The maximum atomic E-state index is 13.2. The van der Waals surface area contributed by atoms with E-state index in [2.05, 4.69) is 5.10 Å². The highest BCUT2D eigenvalue weighted by Gasteiger charge is 2.17. The van der Waals surface area contributed by atoms with E-state index in [1.807, 2.05) is 13.8 Å². The van der Waals surface area contributed by atoms with E-state index in [9.17, 15) is 13.6 Å². The summed E-state index contributed by atoms with van der Waals surface area (Å²) in [6, 6.07) is 4.83. The van der Waals surface area contributed by atoms with Crippen molar-refractivity contribution in [2.24, 2.45) is 0 Å². The summed E-state index contributed by atoms with van der Waals surface area (Å²) in [5, 5.41) is 4.26. The van der Waals surface area contributed by atoms with Crippen LogP contribution >= 0.6 is 0 Å². The van der Waals surface area contributed by atoms with Gasteiger partial charge in [0.2, 0.25) is 5.78 Å². The molecule has 0 radical (unpaired) electrons. The zero-order valence-corrected chi connectivity index (χ0v) is 10.8. The van der Waals surface area contributed by atoms with Crippen LogP contribution in [0.5, 0.6) is 0 Å². The van der Waals surface area contributed by atoms with Gasteiger partial charge in [-0.3, -0.25) is 9.48 Å². The van der Waals surface area contributed by atoms with Crippen molar-refractivity contribution in [3.8, 4) is 0 Å². The average molecular weight is 264 g/mol. The van der Waals surface area contributed by atoms with Gasteiger partial charge < -0.3 is 0 Å². The van der Waals surface area contributed by atoms with Crippen LogP contribution in [0.3, 0.4) is 0 Å². The number of carbonyl (C=O) groups excluding carboxylic acids is 1. The smallest absolute Gasteiger partial charge is 0.211 e. The molecular formula is C14H14F2N2O. The lowest BCUT2D eigenvalue weighted by atomic mass is 10.1. The quantitative estimate of drug-likeness (QED) is 0.796. The molecule has 2 aromatic rings. The lowest BCUT2D eigenvalue weighted by Crippen LogP contribution is -2.11. The molecule has 5 heteroatoms. The molecule has 3 nitrogen and oxygen atoms in total. The number of benzene rings is 1. The molecule has 0 spiro atoms. The van der Waals surface area contributed by atoms with Crippen molar-refractivity contribution < 1.29 is 13.6 Å². The number of carbonyl (C=O) groups is 1. The fraction of sp³-hybridized carbons (Fsp3) is 0.286. The summed E-state index contributed by atoms with van der Waals surface area (Å²) >= 11 is 0. The Morgan fingerprint density at radius 2 is 1.95 bits per heavy atom. The predicted octanol–water partition coefficient (Wildman–Crippen LogP) is 2.97. The number of halogens is 2. The third-order valence-corrected chi connectivity index (χ3v) is 2.91. The maximum absolute atomic E-state index is 13.2. The van der Waals surface area contributed by atoms with Crippen LogP contribution in [0, 0.1) is 11.6 Å². The minimum absolute atomic E-state index is 0.121. The van der Waals surface area contributed by atoms with Gasteiger partial charge in [0.25, 0.3) is 0 Å². The van der Waals surface area contributed by atoms with Gasteiger partial charge in [-0.2, -0.15) is 5.10 Å². The van der Waals surface area contributed by atoms with Gasteiger partial charge in [0.1, 0.15) is 5.69 Å². The highest BCUT2D eigenvalue weighted by atomic mass is 19.2. The molecule has 19 heavy (non-hydrogen) atoms. The third kappa shape index (κ3) is 2.54. The van der Waals surface area contributed by atoms with Crippen LogP contribution in [0.2, 0.25) is 0 Å². The Kier molecular flexibility index (Phi) is 3.74. The fourth-order valence-corrected chi connectivity index (χ4v) is 1.85. The Bertz CT molecular complexity index is 620. The van der Waals surface area contributed by atoms with Gasteiger partial charge in [-0.05, 0) is 37.6 Å². The van der Waals surface area contributed by atoms with Crippen molar-refractivity contribution >= 4 is 5.78 Å². The maximum Gasteiger partial charge on any atom is 0.211 e. The normalized spacial score (nSPS) is 10.7. The SMILES string of the molecule is CCc1cc(C(=O)c2ccc(F)c(F)c2)n(CC)n1. The van der Waals surface area contributed by atoms with E-state index in [1.165, 1.54) is 6.07 Å². The summed E-state index contributed by atoms with van der Waals surface area (Å²) in [5.41, 5.74) is 1.31. The predicted molar refractivity (Wildman–Crippen MR) is 67.1 cm³/mol. The highest BCUT2D eigenvalue weighted by Crippen LogP contribution is 2.15. The summed E-state index contributed by atoms with van der Waals surface area (Å²) in [5.74, 6) is -2.34. The molecule has 0 atom stereocenters. The first-order chi connectivity index (χ1) is 9.06. The second-order valence-electron chi connectivity index (χ2n) is 4.15. The van der Waals surface area contributed by atoms with Gasteiger partial charge in [0, 0.05) is 12.1 Å². The van der Waals surface area contributed by atoms with Crippen LogP contribution in [0.25, 0.3) is 0 Å². The van der Waals surface area contributed by atoms with Crippen molar-refractivity contribution in [1.29, 1.82) is 0 Å². The van der Waals surface area contributed by atoms with E-state index in [1.54, 1.807) is 10.7 Å². The molecule has 2 rings (SSSR count). The van der Waals surface area contributed by atoms with Crippen LogP contribution in [0.15, 0.2) is 24.3 Å². The second-order valence-corrected chi connectivity index (χ2v) is 4.15. The first kappa shape index (κ1) is 13.4. The van der Waals surface area contributed by atoms with Crippen LogP contribution < -0.4 is 0 Å². The lowest BCUT2D eigenvalue weighted by Gasteiger charge is -2.04. The summed E-state index contributed by atoms with van der Waals surface area (Å²) in [6.07, 6.45) is 0.713. The number of aromatic nitrogens is 2. The fourth-order valence-electron chi connectivity index (χ4n) is 1.85. The molecule has 0 bridgehead atoms. The molecule has 0 aliphatic heterocycles. The number of ketones is 1. The Hall–Kier alpha value is -2.04. The zero-order chi connectivity index (χ0) is 14.0. The van der Waals surface area contributed by atoms with Gasteiger partial charge in [-0.25, -0.2) is 8.78 Å². The van der Waals surface area contributed by atoms with E-state index in [4.69, 9.17) is 0 Å². The molecule has 0 saturated heterocycles. The van der Waals surface area contributed by atoms with Gasteiger partial charge in [-0.15, -0.1) is 0 Å². The molecular weight excluding hydrogens is 250 g/mol. The largest absolute Gasteiger partial charge is 0.287 e. The topological polar surface area (TPSA) is 34.9 Å². The molecule has 0 saturated carbocycles. The summed E-state index contributed by atoms with van der Waals surface area (Å²) in [4.78, 5) is 12.3. The van der Waals surface area contributed by atoms with E-state index < -0.39 is 11.6 Å². The van der Waals surface area contributed by atoms with E-state index in [-0.39, 0.29) is 11.3 Å². The molecule has 0 unspecified atom stereocenters. The van der Waals surface area contributed by atoms with Crippen molar-refractivity contribution in [3.63, 3.8) is 0 Å². The first-order valence-corrected chi connectivity index (χ1v) is 6.13. The zero-order valence-electron chi connectivity index (χ0n) is 10.8. The van der Waals surface area contributed by atoms with Crippen LogP contribution in [-0.2, 0) is 13.0 Å². The monoisotopic (exact) mass is 264 g/mol. The van der Waals surface area contributed by atoms with Gasteiger partial charge >= 0.3 is 0 Å². The Labute approximate surface area is 109 Å². The number of nitrogens with zero attached hydrogens (tertiary/aromatic N) is 2. The molecule has 1 aromatic heterocycles. The standard InChI is InChI=1S/C14H14F2N2O/c1-3-10-8-13(18(4-2)17-10)14(19)9-5-6-11(15)12(16)7-9/h5-8H,3-4H2,1-2H3. The third-order valence-electron chi connectivity index (χ3n) is 2.91. The number of hydrogen-bond acceptors (Lipinski definition) is 2. The van der Waals surface area contributed by atoms with Crippen LogP contribution in [0.4, 0.5) is 8.78 Å². The van der Waals surface area contributed by atoms with Gasteiger partial charge in [-0.1, -0.05) is 6.92 Å². The molecule has 0 N–H and O–H groups in total. The van der Waals surface area contributed by atoms with Gasteiger partial charge in [0.05, 0.1) is 5.69 Å². The molecule has 0 aliphatic rings. The van der Waals surface area contributed by atoms with E-state index in [0.29, 0.717) is 18.7 Å². The number of hydrogen-bond donors (Lipinski definition) is 0. The Morgan fingerprint density at radius 1 is 1.21 bits per heavy atom. The average Bonchev–Trinajstić information content (AvgIpc) is 2.84. The molecule has 0 fully saturated rings. The lowest BCUT2D eigenvalue weighted by molar-refractivity contribution is 0.102. The Balaban J connectivity index is 2.43. The molecule has 0 amide bonds. The van der Waals surface area contributed by atoms with E-state index >= 15 is 0 Å². The van der Waals surface area contributed by atoms with Crippen molar-refractivity contribution in [1.82, 2.24) is 9.78 Å². The van der Waals surface area contributed by atoms with Crippen LogP contribution in [0.1, 0.15) is 35.6 Å². The van der Waals surface area contributed by atoms with Crippen LogP contribution in [-0.4, -0.2) is 15.6 Å². The molecule has 100 valence electrons. The van der Waals surface area contributed by atoms with Crippen molar-refractivity contribution in [2.45, 2.75) is 26.8 Å². The summed E-state index contributed by atoms with van der Waals surface area (Å²) < 4.78 is 27.6. The number of aryl methyl sites for hydroxylation is 2.